The lowest BCUT2D eigenvalue weighted by Crippen LogP contribution is -2.29. The Kier molecular flexibility index (Phi) is 6.98. The summed E-state index contributed by atoms with van der Waals surface area (Å²) in [5.41, 5.74) is 1.000. The molecule has 1 unspecified atom stereocenters. The van der Waals surface area contributed by atoms with Gasteiger partial charge in [0, 0.05) is 10.7 Å². The smallest absolute Gasteiger partial charge is 0.337 e. The van der Waals surface area contributed by atoms with Crippen molar-refractivity contribution in [1.82, 2.24) is 0 Å². The van der Waals surface area contributed by atoms with Crippen LogP contribution in [0.5, 0.6) is 11.5 Å². The molecule has 184 valence electrons. The first-order valence-electron chi connectivity index (χ1n) is 10.8. The Hall–Kier alpha value is -4.30. The van der Waals surface area contributed by atoms with Crippen molar-refractivity contribution in [2.75, 3.05) is 26.2 Å². The summed E-state index contributed by atoms with van der Waals surface area (Å²) in [4.78, 5) is 40.1. The summed E-state index contributed by atoms with van der Waals surface area (Å²) in [7, 11) is 4.18. The van der Waals surface area contributed by atoms with Gasteiger partial charge >= 0.3 is 5.97 Å². The van der Waals surface area contributed by atoms with Gasteiger partial charge in [0.1, 0.15) is 17.3 Å². The minimum Gasteiger partial charge on any atom is -0.507 e. The maximum absolute atomic E-state index is 13.4. The van der Waals surface area contributed by atoms with E-state index in [1.54, 1.807) is 48.5 Å². The fourth-order valence-electron chi connectivity index (χ4n) is 4.11. The van der Waals surface area contributed by atoms with Crippen molar-refractivity contribution in [2.45, 2.75) is 6.04 Å². The fourth-order valence-corrected chi connectivity index (χ4v) is 4.28. The Labute approximate surface area is 212 Å². The maximum atomic E-state index is 13.4. The first-order valence-corrected chi connectivity index (χ1v) is 11.2. The molecule has 1 saturated heterocycles. The fraction of sp³-hybridized carbons (Fsp3) is 0.148. The van der Waals surface area contributed by atoms with Gasteiger partial charge in [-0.25, -0.2) is 4.79 Å². The number of carbonyl (C=O) groups excluding carboxylic acids is 3. The minimum atomic E-state index is -1.02. The standard InChI is InChI=1S/C27H22ClNO7/c1-34-19-10-7-15(8-11-19)23-22(24(30)20-14-17(28)9-12-21(20)35-2)25(31)26(32)29(23)18-6-4-5-16(13-18)27(33)36-3/h4-14,23,30H,1-3H3/b24-22+. The van der Waals surface area contributed by atoms with Gasteiger partial charge in [0.2, 0.25) is 0 Å². The summed E-state index contributed by atoms with van der Waals surface area (Å²) in [6.07, 6.45) is 0. The van der Waals surface area contributed by atoms with Crippen LogP contribution in [0.1, 0.15) is 27.5 Å². The van der Waals surface area contributed by atoms with Crippen LogP contribution in [0.2, 0.25) is 5.02 Å². The second kappa shape index (κ2) is 10.1. The van der Waals surface area contributed by atoms with Gasteiger partial charge in [-0.1, -0.05) is 29.8 Å². The SMILES string of the molecule is COC(=O)c1cccc(N2C(=O)C(=O)/C(=C(/O)c3cc(Cl)ccc3OC)C2c2ccc(OC)cc2)c1. The van der Waals surface area contributed by atoms with Crippen LogP contribution < -0.4 is 14.4 Å². The molecular formula is C27H22ClNO7. The molecule has 0 aromatic heterocycles. The molecule has 0 saturated carbocycles. The van der Waals surface area contributed by atoms with Gasteiger partial charge in [0.25, 0.3) is 11.7 Å². The van der Waals surface area contributed by atoms with E-state index in [0.29, 0.717) is 16.3 Å². The van der Waals surface area contributed by atoms with Crippen molar-refractivity contribution in [3.8, 4) is 11.5 Å². The van der Waals surface area contributed by atoms with Crippen LogP contribution in [0.3, 0.4) is 0 Å². The van der Waals surface area contributed by atoms with E-state index in [-0.39, 0.29) is 28.1 Å². The van der Waals surface area contributed by atoms with E-state index in [1.165, 1.54) is 44.4 Å². The van der Waals surface area contributed by atoms with Crippen LogP contribution in [0, 0.1) is 0 Å². The third-order valence-corrected chi connectivity index (χ3v) is 6.07. The zero-order valence-corrected chi connectivity index (χ0v) is 20.4. The molecule has 0 radical (unpaired) electrons. The largest absolute Gasteiger partial charge is 0.507 e. The predicted octanol–water partition coefficient (Wildman–Crippen LogP) is 4.77. The second-order valence-electron chi connectivity index (χ2n) is 7.83. The van der Waals surface area contributed by atoms with Gasteiger partial charge in [-0.2, -0.15) is 0 Å². The van der Waals surface area contributed by atoms with Crippen molar-refractivity contribution in [3.63, 3.8) is 0 Å². The Balaban J connectivity index is 1.97. The highest BCUT2D eigenvalue weighted by Crippen LogP contribution is 2.44. The van der Waals surface area contributed by atoms with Crippen LogP contribution in [0.4, 0.5) is 5.69 Å². The van der Waals surface area contributed by atoms with E-state index in [9.17, 15) is 19.5 Å². The third kappa shape index (κ3) is 4.38. The van der Waals surface area contributed by atoms with Gasteiger partial charge in [0.15, 0.2) is 0 Å². The molecule has 0 bridgehead atoms. The Bertz CT molecular complexity index is 1380. The van der Waals surface area contributed by atoms with Gasteiger partial charge in [-0.3, -0.25) is 14.5 Å². The highest BCUT2D eigenvalue weighted by molar-refractivity contribution is 6.51. The summed E-state index contributed by atoms with van der Waals surface area (Å²) in [6.45, 7) is 0. The molecule has 9 heteroatoms. The number of halogens is 1. The summed E-state index contributed by atoms with van der Waals surface area (Å²) in [6, 6.07) is 16.5. The second-order valence-corrected chi connectivity index (χ2v) is 8.27. The van der Waals surface area contributed by atoms with E-state index < -0.39 is 29.5 Å². The molecule has 1 amide bonds. The molecule has 1 aliphatic heterocycles. The molecule has 1 fully saturated rings. The average Bonchev–Trinajstić information content (AvgIpc) is 3.17. The van der Waals surface area contributed by atoms with Crippen LogP contribution in [0.15, 0.2) is 72.3 Å². The Morgan fingerprint density at radius 1 is 0.944 bits per heavy atom. The number of benzene rings is 3. The van der Waals surface area contributed by atoms with Crippen LogP contribution in [0.25, 0.3) is 5.76 Å². The number of Topliss-reactive ketones (excluding diaryl/α,β-unsaturated/α-hetero) is 1. The normalized spacial score (nSPS) is 16.7. The lowest BCUT2D eigenvalue weighted by molar-refractivity contribution is -0.132. The Morgan fingerprint density at radius 3 is 2.31 bits per heavy atom. The van der Waals surface area contributed by atoms with Crippen LogP contribution >= 0.6 is 11.6 Å². The number of carbonyl (C=O) groups is 3. The molecule has 8 nitrogen and oxygen atoms in total. The molecule has 1 heterocycles. The van der Waals surface area contributed by atoms with Crippen molar-refractivity contribution < 1.29 is 33.7 Å². The van der Waals surface area contributed by atoms with Crippen molar-refractivity contribution >= 4 is 40.7 Å². The number of hydrogen-bond acceptors (Lipinski definition) is 7. The number of aliphatic hydroxyl groups is 1. The highest BCUT2D eigenvalue weighted by atomic mass is 35.5. The van der Waals surface area contributed by atoms with Crippen molar-refractivity contribution in [3.05, 3.63) is 94.0 Å². The lowest BCUT2D eigenvalue weighted by Gasteiger charge is -2.26. The molecule has 1 aliphatic rings. The zero-order chi connectivity index (χ0) is 26.0. The van der Waals surface area contributed by atoms with Gasteiger partial charge in [0.05, 0.1) is 44.1 Å². The molecule has 4 rings (SSSR count). The summed E-state index contributed by atoms with van der Waals surface area (Å²) in [5, 5.41) is 11.7. The first-order chi connectivity index (χ1) is 17.3. The summed E-state index contributed by atoms with van der Waals surface area (Å²) >= 11 is 6.15. The van der Waals surface area contributed by atoms with Gasteiger partial charge in [-0.05, 0) is 54.1 Å². The minimum absolute atomic E-state index is 0.157. The number of rotatable bonds is 6. The van der Waals surface area contributed by atoms with E-state index in [4.69, 9.17) is 25.8 Å². The van der Waals surface area contributed by atoms with E-state index in [2.05, 4.69) is 0 Å². The summed E-state index contributed by atoms with van der Waals surface area (Å²) in [5.74, 6) is -1.98. The van der Waals surface area contributed by atoms with Crippen LogP contribution in [-0.2, 0) is 14.3 Å². The quantitative estimate of drug-likeness (QED) is 0.222. The summed E-state index contributed by atoms with van der Waals surface area (Å²) < 4.78 is 15.4. The number of ketones is 1. The number of methoxy groups -OCH3 is 3. The maximum Gasteiger partial charge on any atom is 0.337 e. The molecule has 1 atom stereocenters. The number of esters is 1. The predicted molar refractivity (Wildman–Crippen MR) is 134 cm³/mol. The number of nitrogens with zero attached hydrogens (tertiary/aromatic N) is 1. The van der Waals surface area contributed by atoms with E-state index in [1.807, 2.05) is 0 Å². The topological polar surface area (TPSA) is 102 Å². The van der Waals surface area contributed by atoms with Gasteiger partial charge in [-0.15, -0.1) is 0 Å². The highest BCUT2D eigenvalue weighted by Gasteiger charge is 2.47. The lowest BCUT2D eigenvalue weighted by atomic mass is 9.94. The molecule has 36 heavy (non-hydrogen) atoms. The van der Waals surface area contributed by atoms with E-state index >= 15 is 0 Å². The third-order valence-electron chi connectivity index (χ3n) is 5.84. The number of anilines is 1. The zero-order valence-electron chi connectivity index (χ0n) is 19.7. The molecular weight excluding hydrogens is 486 g/mol. The number of hydrogen-bond donors (Lipinski definition) is 1. The molecule has 1 N–H and O–H groups in total. The van der Waals surface area contributed by atoms with Crippen molar-refractivity contribution in [2.24, 2.45) is 0 Å². The number of ether oxygens (including phenoxy) is 3. The van der Waals surface area contributed by atoms with Crippen LogP contribution in [-0.4, -0.2) is 44.1 Å². The van der Waals surface area contributed by atoms with Gasteiger partial charge < -0.3 is 19.3 Å². The molecule has 3 aromatic carbocycles. The number of amides is 1. The first kappa shape index (κ1) is 24.8. The molecule has 3 aromatic rings. The van der Waals surface area contributed by atoms with Crippen molar-refractivity contribution in [1.29, 1.82) is 0 Å². The molecule has 0 spiro atoms. The average molecular weight is 508 g/mol. The number of aliphatic hydroxyl groups excluding tert-OH is 1. The Morgan fingerprint density at radius 2 is 1.67 bits per heavy atom. The molecule has 0 aliphatic carbocycles. The monoisotopic (exact) mass is 507 g/mol. The van der Waals surface area contributed by atoms with E-state index in [0.717, 1.165) is 0 Å².